The molecule has 0 radical (unpaired) electrons. The van der Waals surface area contributed by atoms with Crippen LogP contribution in [0.25, 0.3) is 10.9 Å². The molecule has 34 heavy (non-hydrogen) atoms. The van der Waals surface area contributed by atoms with Crippen molar-refractivity contribution in [3.63, 3.8) is 0 Å². The van der Waals surface area contributed by atoms with Gasteiger partial charge in [-0.25, -0.2) is 9.18 Å². The molecule has 2 unspecified atom stereocenters. The molecule has 2 aliphatic rings. The van der Waals surface area contributed by atoms with Crippen molar-refractivity contribution in [3.05, 3.63) is 34.2 Å². The number of carbonyl (C=O) groups excluding carboxylic acids is 3. The van der Waals surface area contributed by atoms with Gasteiger partial charge in [-0.3, -0.25) is 14.4 Å². The standard InChI is InChI=1S/C23H26BrFN4O5/c24-14-5-6-15(25)13-10-17(27-19(13)14)22(32)28-16(8-11-3-4-11)21(31)29-18(23(33)34)9-12-2-1-7-26-20(12)30/h5-6,10-12,16,18,27H,1-4,7-9H2,(H,26,30)(H,28,32)(H,29,31)(H,33,34)/t12-,16?,18?/m0/s1. The summed E-state index contributed by atoms with van der Waals surface area (Å²) in [5.41, 5.74) is 0.508. The van der Waals surface area contributed by atoms with Gasteiger partial charge in [-0.15, -0.1) is 0 Å². The second kappa shape index (κ2) is 10.1. The molecule has 1 aliphatic carbocycles. The maximum absolute atomic E-state index is 14.1. The van der Waals surface area contributed by atoms with Crippen LogP contribution in [0.3, 0.4) is 0 Å². The van der Waals surface area contributed by atoms with Crippen molar-refractivity contribution in [1.29, 1.82) is 0 Å². The number of carboxylic acids is 1. The molecule has 1 aromatic carbocycles. The molecule has 3 amide bonds. The van der Waals surface area contributed by atoms with Crippen LogP contribution in [-0.4, -0.2) is 52.4 Å². The predicted octanol–water partition coefficient (Wildman–Crippen LogP) is 2.45. The monoisotopic (exact) mass is 536 g/mol. The summed E-state index contributed by atoms with van der Waals surface area (Å²) in [6, 6.07) is 1.97. The van der Waals surface area contributed by atoms with Crippen molar-refractivity contribution in [1.82, 2.24) is 20.9 Å². The van der Waals surface area contributed by atoms with Gasteiger partial charge in [0.15, 0.2) is 0 Å². The number of piperidine rings is 1. The summed E-state index contributed by atoms with van der Waals surface area (Å²) >= 11 is 3.32. The SMILES string of the molecule is O=C(NC(CC1CC1)C(=O)NC(C[C@@H]1CCCNC1=O)C(=O)O)c1cc2c(F)ccc(Br)c2[nH]1. The number of hydrogen-bond acceptors (Lipinski definition) is 4. The Morgan fingerprint density at radius 3 is 2.56 bits per heavy atom. The smallest absolute Gasteiger partial charge is 0.326 e. The molecular weight excluding hydrogens is 511 g/mol. The number of hydrogen-bond donors (Lipinski definition) is 5. The average Bonchev–Trinajstić information content (AvgIpc) is 3.49. The molecule has 182 valence electrons. The van der Waals surface area contributed by atoms with Crippen LogP contribution in [0.15, 0.2) is 22.7 Å². The Balaban J connectivity index is 1.47. The van der Waals surface area contributed by atoms with Crippen LogP contribution in [-0.2, 0) is 14.4 Å². The second-order valence-electron chi connectivity index (χ2n) is 8.97. The van der Waals surface area contributed by atoms with Crippen LogP contribution in [0.1, 0.15) is 49.0 Å². The fourth-order valence-electron chi connectivity index (χ4n) is 4.27. The Labute approximate surface area is 203 Å². The van der Waals surface area contributed by atoms with Gasteiger partial charge in [-0.2, -0.15) is 0 Å². The summed E-state index contributed by atoms with van der Waals surface area (Å²) in [5.74, 6) is -3.39. The number of carboxylic acid groups (broad SMARTS) is 1. The van der Waals surface area contributed by atoms with E-state index in [0.29, 0.717) is 29.4 Å². The molecule has 1 saturated carbocycles. The summed E-state index contributed by atoms with van der Waals surface area (Å²) < 4.78 is 14.7. The van der Waals surface area contributed by atoms with Gasteiger partial charge in [0.2, 0.25) is 11.8 Å². The largest absolute Gasteiger partial charge is 0.480 e. The zero-order chi connectivity index (χ0) is 24.4. The fraction of sp³-hybridized carbons (Fsp3) is 0.478. The molecule has 5 N–H and O–H groups in total. The third kappa shape index (κ3) is 5.57. The number of carbonyl (C=O) groups is 4. The van der Waals surface area contributed by atoms with E-state index in [1.54, 1.807) is 0 Å². The molecule has 9 nitrogen and oxygen atoms in total. The lowest BCUT2D eigenvalue weighted by atomic mass is 9.91. The van der Waals surface area contributed by atoms with E-state index in [0.717, 1.165) is 19.3 Å². The summed E-state index contributed by atoms with van der Waals surface area (Å²) in [5, 5.41) is 17.8. The van der Waals surface area contributed by atoms with Crippen LogP contribution in [0, 0.1) is 17.7 Å². The normalized spacial score (nSPS) is 19.8. The van der Waals surface area contributed by atoms with E-state index >= 15 is 0 Å². The van der Waals surface area contributed by atoms with E-state index in [4.69, 9.17) is 0 Å². The Morgan fingerprint density at radius 1 is 1.15 bits per heavy atom. The van der Waals surface area contributed by atoms with Crippen molar-refractivity contribution >= 4 is 50.5 Å². The molecule has 3 atom stereocenters. The van der Waals surface area contributed by atoms with Crippen molar-refractivity contribution in [3.8, 4) is 0 Å². The van der Waals surface area contributed by atoms with E-state index in [-0.39, 0.29) is 29.3 Å². The van der Waals surface area contributed by atoms with Crippen LogP contribution < -0.4 is 16.0 Å². The van der Waals surface area contributed by atoms with Crippen molar-refractivity contribution in [2.75, 3.05) is 6.54 Å². The Kier molecular flexibility index (Phi) is 7.20. The van der Waals surface area contributed by atoms with Gasteiger partial charge in [0.1, 0.15) is 23.6 Å². The molecule has 1 aromatic heterocycles. The number of aromatic nitrogens is 1. The van der Waals surface area contributed by atoms with Gasteiger partial charge in [-0.1, -0.05) is 12.8 Å². The van der Waals surface area contributed by atoms with E-state index in [1.807, 2.05) is 0 Å². The molecule has 1 saturated heterocycles. The maximum Gasteiger partial charge on any atom is 0.326 e. The van der Waals surface area contributed by atoms with E-state index in [1.165, 1.54) is 18.2 Å². The lowest BCUT2D eigenvalue weighted by molar-refractivity contribution is -0.143. The highest BCUT2D eigenvalue weighted by Gasteiger charge is 2.35. The van der Waals surface area contributed by atoms with E-state index in [2.05, 4.69) is 36.9 Å². The molecule has 2 heterocycles. The lowest BCUT2D eigenvalue weighted by Crippen LogP contribution is -2.53. The highest BCUT2D eigenvalue weighted by molar-refractivity contribution is 9.10. The van der Waals surface area contributed by atoms with Gasteiger partial charge in [0.25, 0.3) is 5.91 Å². The van der Waals surface area contributed by atoms with Crippen LogP contribution in [0.4, 0.5) is 4.39 Å². The Bertz CT molecular complexity index is 1090. The minimum Gasteiger partial charge on any atom is -0.480 e. The number of aromatic amines is 1. The highest BCUT2D eigenvalue weighted by atomic mass is 79.9. The third-order valence-electron chi connectivity index (χ3n) is 6.36. The van der Waals surface area contributed by atoms with Gasteiger partial charge < -0.3 is 26.0 Å². The van der Waals surface area contributed by atoms with Gasteiger partial charge >= 0.3 is 5.97 Å². The first-order chi connectivity index (χ1) is 16.2. The predicted molar refractivity (Wildman–Crippen MR) is 124 cm³/mol. The molecule has 2 aromatic rings. The van der Waals surface area contributed by atoms with Crippen LogP contribution in [0.5, 0.6) is 0 Å². The summed E-state index contributed by atoms with van der Waals surface area (Å²) in [4.78, 5) is 52.6. The maximum atomic E-state index is 14.1. The average molecular weight is 537 g/mol. The number of benzene rings is 1. The molecular formula is C23H26BrFN4O5. The zero-order valence-electron chi connectivity index (χ0n) is 18.3. The molecule has 0 spiro atoms. The van der Waals surface area contributed by atoms with Crippen LogP contribution >= 0.6 is 15.9 Å². The third-order valence-corrected chi connectivity index (χ3v) is 7.02. The minimum absolute atomic E-state index is 0.0215. The fourth-order valence-corrected chi connectivity index (χ4v) is 4.71. The van der Waals surface area contributed by atoms with E-state index < -0.39 is 41.6 Å². The van der Waals surface area contributed by atoms with Crippen molar-refractivity contribution < 1.29 is 28.7 Å². The second-order valence-corrected chi connectivity index (χ2v) is 9.83. The van der Waals surface area contributed by atoms with E-state index in [9.17, 15) is 28.7 Å². The Hall–Kier alpha value is -2.95. The van der Waals surface area contributed by atoms with Gasteiger partial charge in [-0.05, 0) is 65.7 Å². The van der Waals surface area contributed by atoms with Crippen LogP contribution in [0.2, 0.25) is 0 Å². The summed E-state index contributed by atoms with van der Waals surface area (Å²) in [7, 11) is 0. The quantitative estimate of drug-likeness (QED) is 0.334. The Morgan fingerprint density at radius 2 is 1.91 bits per heavy atom. The first-order valence-corrected chi connectivity index (χ1v) is 12.1. The first kappa shape index (κ1) is 24.2. The molecule has 4 rings (SSSR count). The van der Waals surface area contributed by atoms with Gasteiger partial charge in [0.05, 0.1) is 5.52 Å². The minimum atomic E-state index is -1.25. The lowest BCUT2D eigenvalue weighted by Gasteiger charge is -2.26. The van der Waals surface area contributed by atoms with Crippen molar-refractivity contribution in [2.45, 2.75) is 50.6 Å². The number of nitrogens with one attached hydrogen (secondary N) is 4. The number of halogens is 2. The highest BCUT2D eigenvalue weighted by Crippen LogP contribution is 2.34. The topological polar surface area (TPSA) is 140 Å². The molecule has 2 fully saturated rings. The van der Waals surface area contributed by atoms with Crippen molar-refractivity contribution in [2.24, 2.45) is 11.8 Å². The van der Waals surface area contributed by atoms with Gasteiger partial charge in [0, 0.05) is 22.3 Å². The molecule has 0 bridgehead atoms. The number of aliphatic carboxylic acids is 1. The molecule has 11 heteroatoms. The summed E-state index contributed by atoms with van der Waals surface area (Å²) in [6.45, 7) is 0.559. The molecule has 1 aliphatic heterocycles. The first-order valence-electron chi connectivity index (χ1n) is 11.3. The zero-order valence-corrected chi connectivity index (χ0v) is 19.9. The number of rotatable bonds is 9. The number of H-pyrrole nitrogens is 1. The number of fused-ring (bicyclic) bond motifs is 1. The number of amides is 3. The summed E-state index contributed by atoms with van der Waals surface area (Å²) in [6.07, 6.45) is 3.50.